The van der Waals surface area contributed by atoms with Gasteiger partial charge in [-0.15, -0.1) is 0 Å². The summed E-state index contributed by atoms with van der Waals surface area (Å²) in [5.74, 6) is 0.427. The largest absolute Gasteiger partial charge is 0.496 e. The average molecular weight is 286 g/mol. The fraction of sp³-hybridized carbons (Fsp3) is 0.375. The molecule has 0 spiro atoms. The molecule has 5 heteroatoms. The van der Waals surface area contributed by atoms with E-state index in [0.29, 0.717) is 11.6 Å². The van der Waals surface area contributed by atoms with Crippen molar-refractivity contribution in [1.29, 1.82) is 0 Å². The van der Waals surface area contributed by atoms with Crippen molar-refractivity contribution in [3.8, 4) is 17.0 Å². The SMILES string of the molecule is COc1ccc(-c2cc(C(=O)O)[nH]n2)cc1C1CCCC1. The highest BCUT2D eigenvalue weighted by Crippen LogP contribution is 2.40. The summed E-state index contributed by atoms with van der Waals surface area (Å²) in [6.07, 6.45) is 4.87. The number of H-pyrrole nitrogens is 1. The van der Waals surface area contributed by atoms with Gasteiger partial charge >= 0.3 is 5.97 Å². The van der Waals surface area contributed by atoms with Crippen molar-refractivity contribution >= 4 is 5.97 Å². The summed E-state index contributed by atoms with van der Waals surface area (Å²) in [6.45, 7) is 0. The first-order valence-corrected chi connectivity index (χ1v) is 7.16. The van der Waals surface area contributed by atoms with Crippen LogP contribution in [0.25, 0.3) is 11.3 Å². The highest BCUT2D eigenvalue weighted by molar-refractivity contribution is 5.86. The highest BCUT2D eigenvalue weighted by Gasteiger charge is 2.21. The molecule has 0 radical (unpaired) electrons. The number of rotatable bonds is 4. The van der Waals surface area contributed by atoms with E-state index in [1.165, 1.54) is 31.2 Å². The maximum absolute atomic E-state index is 10.9. The molecule has 21 heavy (non-hydrogen) atoms. The van der Waals surface area contributed by atoms with Crippen LogP contribution in [0, 0.1) is 0 Å². The molecule has 2 aromatic rings. The lowest BCUT2D eigenvalue weighted by atomic mass is 9.94. The Labute approximate surface area is 123 Å². The Kier molecular flexibility index (Phi) is 3.64. The highest BCUT2D eigenvalue weighted by atomic mass is 16.5. The molecule has 1 heterocycles. The fourth-order valence-corrected chi connectivity index (χ4v) is 3.03. The summed E-state index contributed by atoms with van der Waals surface area (Å²) >= 11 is 0. The van der Waals surface area contributed by atoms with Crippen molar-refractivity contribution in [2.45, 2.75) is 31.6 Å². The van der Waals surface area contributed by atoms with Gasteiger partial charge < -0.3 is 9.84 Å². The second-order valence-corrected chi connectivity index (χ2v) is 5.41. The zero-order valence-electron chi connectivity index (χ0n) is 11.9. The number of hydrogen-bond donors (Lipinski definition) is 2. The van der Waals surface area contributed by atoms with Gasteiger partial charge in [0.15, 0.2) is 0 Å². The van der Waals surface area contributed by atoms with Gasteiger partial charge in [-0.1, -0.05) is 12.8 Å². The summed E-state index contributed by atoms with van der Waals surface area (Å²) in [5.41, 5.74) is 2.87. The first-order valence-electron chi connectivity index (χ1n) is 7.16. The molecular formula is C16H18N2O3. The van der Waals surface area contributed by atoms with E-state index in [1.54, 1.807) is 13.2 Å². The number of aromatic amines is 1. The summed E-state index contributed by atoms with van der Waals surface area (Å²) in [6, 6.07) is 7.50. The van der Waals surface area contributed by atoms with Crippen LogP contribution in [-0.4, -0.2) is 28.4 Å². The van der Waals surface area contributed by atoms with Crippen molar-refractivity contribution in [3.63, 3.8) is 0 Å². The monoisotopic (exact) mass is 286 g/mol. The molecule has 1 aliphatic rings. The van der Waals surface area contributed by atoms with Crippen LogP contribution >= 0.6 is 0 Å². The molecular weight excluding hydrogens is 268 g/mol. The molecule has 0 unspecified atom stereocenters. The number of hydrogen-bond acceptors (Lipinski definition) is 3. The minimum absolute atomic E-state index is 0.100. The van der Waals surface area contributed by atoms with E-state index in [1.807, 2.05) is 12.1 Å². The summed E-state index contributed by atoms with van der Waals surface area (Å²) in [5, 5.41) is 15.6. The minimum Gasteiger partial charge on any atom is -0.496 e. The lowest BCUT2D eigenvalue weighted by molar-refractivity contribution is 0.0690. The van der Waals surface area contributed by atoms with Gasteiger partial charge in [0.05, 0.1) is 12.8 Å². The van der Waals surface area contributed by atoms with Crippen LogP contribution in [-0.2, 0) is 0 Å². The molecule has 0 aliphatic heterocycles. The van der Waals surface area contributed by atoms with E-state index in [9.17, 15) is 4.79 Å². The fourth-order valence-electron chi connectivity index (χ4n) is 3.03. The van der Waals surface area contributed by atoms with Crippen molar-refractivity contribution in [2.75, 3.05) is 7.11 Å². The van der Waals surface area contributed by atoms with E-state index < -0.39 is 5.97 Å². The maximum atomic E-state index is 10.9. The molecule has 1 aromatic carbocycles. The third-order valence-electron chi connectivity index (χ3n) is 4.13. The first kappa shape index (κ1) is 13.7. The number of aromatic carboxylic acids is 1. The molecule has 1 fully saturated rings. The quantitative estimate of drug-likeness (QED) is 0.902. The van der Waals surface area contributed by atoms with Gasteiger partial charge in [-0.25, -0.2) is 4.79 Å². The molecule has 110 valence electrons. The number of carbonyl (C=O) groups is 1. The third-order valence-corrected chi connectivity index (χ3v) is 4.13. The molecule has 1 aliphatic carbocycles. The summed E-state index contributed by atoms with van der Waals surface area (Å²) in [7, 11) is 1.69. The summed E-state index contributed by atoms with van der Waals surface area (Å²) < 4.78 is 5.47. The van der Waals surface area contributed by atoms with Crippen LogP contribution in [0.1, 0.15) is 47.7 Å². The number of aromatic nitrogens is 2. The maximum Gasteiger partial charge on any atom is 0.353 e. The number of ether oxygens (including phenoxy) is 1. The predicted octanol–water partition coefficient (Wildman–Crippen LogP) is 3.44. The second-order valence-electron chi connectivity index (χ2n) is 5.41. The van der Waals surface area contributed by atoms with Gasteiger partial charge in [0.25, 0.3) is 0 Å². The molecule has 0 bridgehead atoms. The Hall–Kier alpha value is -2.30. The number of carboxylic acid groups (broad SMARTS) is 1. The number of methoxy groups -OCH3 is 1. The zero-order chi connectivity index (χ0) is 14.8. The molecule has 5 nitrogen and oxygen atoms in total. The second kappa shape index (κ2) is 5.60. The smallest absolute Gasteiger partial charge is 0.353 e. The molecule has 1 aromatic heterocycles. The van der Waals surface area contributed by atoms with E-state index in [2.05, 4.69) is 16.3 Å². The number of carboxylic acids is 1. The Morgan fingerprint density at radius 2 is 2.10 bits per heavy atom. The molecule has 0 saturated heterocycles. The van der Waals surface area contributed by atoms with Crippen LogP contribution in [0.15, 0.2) is 24.3 Å². The van der Waals surface area contributed by atoms with Crippen LogP contribution in [0.3, 0.4) is 0 Å². The molecule has 1 saturated carbocycles. The van der Waals surface area contributed by atoms with Crippen LogP contribution < -0.4 is 4.74 Å². The van der Waals surface area contributed by atoms with Gasteiger partial charge in [-0.3, -0.25) is 5.10 Å². The topological polar surface area (TPSA) is 75.2 Å². The predicted molar refractivity (Wildman–Crippen MR) is 78.7 cm³/mol. The van der Waals surface area contributed by atoms with Crippen LogP contribution in [0.5, 0.6) is 5.75 Å². The Morgan fingerprint density at radius 1 is 1.33 bits per heavy atom. The van der Waals surface area contributed by atoms with Crippen LogP contribution in [0.4, 0.5) is 0 Å². The van der Waals surface area contributed by atoms with Crippen molar-refractivity contribution in [1.82, 2.24) is 10.2 Å². The Bertz CT molecular complexity index is 657. The summed E-state index contributed by atoms with van der Waals surface area (Å²) in [4.78, 5) is 10.9. The molecule has 2 N–H and O–H groups in total. The van der Waals surface area contributed by atoms with E-state index >= 15 is 0 Å². The van der Waals surface area contributed by atoms with Crippen molar-refractivity contribution in [3.05, 3.63) is 35.5 Å². The lowest BCUT2D eigenvalue weighted by Gasteiger charge is -2.15. The van der Waals surface area contributed by atoms with Crippen molar-refractivity contribution in [2.24, 2.45) is 0 Å². The Morgan fingerprint density at radius 3 is 2.71 bits per heavy atom. The Balaban J connectivity index is 1.98. The van der Waals surface area contributed by atoms with Gasteiger partial charge in [-0.05, 0) is 48.6 Å². The van der Waals surface area contributed by atoms with Crippen LogP contribution in [0.2, 0.25) is 0 Å². The van der Waals surface area contributed by atoms with E-state index in [4.69, 9.17) is 9.84 Å². The van der Waals surface area contributed by atoms with E-state index in [-0.39, 0.29) is 5.69 Å². The van der Waals surface area contributed by atoms with E-state index in [0.717, 1.165) is 11.3 Å². The standard InChI is InChI=1S/C16H18N2O3/c1-21-15-7-6-11(8-12(15)10-4-2-3-5-10)13-9-14(16(19)20)18-17-13/h6-10H,2-5H2,1H3,(H,17,18)(H,19,20). The number of benzene rings is 1. The van der Waals surface area contributed by atoms with Gasteiger partial charge in [-0.2, -0.15) is 5.10 Å². The third kappa shape index (κ3) is 2.63. The van der Waals surface area contributed by atoms with Gasteiger partial charge in [0, 0.05) is 5.56 Å². The van der Waals surface area contributed by atoms with Gasteiger partial charge in [0.1, 0.15) is 11.4 Å². The zero-order valence-corrected chi connectivity index (χ0v) is 11.9. The average Bonchev–Trinajstić information content (AvgIpc) is 3.18. The molecule has 0 amide bonds. The number of nitrogens with zero attached hydrogens (tertiary/aromatic N) is 1. The van der Waals surface area contributed by atoms with Crippen molar-refractivity contribution < 1.29 is 14.6 Å². The first-order chi connectivity index (χ1) is 10.2. The molecule has 0 atom stereocenters. The number of nitrogens with one attached hydrogen (secondary N) is 1. The molecule has 3 rings (SSSR count). The minimum atomic E-state index is -1.00. The lowest BCUT2D eigenvalue weighted by Crippen LogP contribution is -1.98. The normalized spacial score (nSPS) is 15.3. The van der Waals surface area contributed by atoms with Gasteiger partial charge in [0.2, 0.25) is 0 Å².